The van der Waals surface area contributed by atoms with Gasteiger partial charge >= 0.3 is 0 Å². The predicted molar refractivity (Wildman–Crippen MR) is 80.4 cm³/mol. The second-order valence-electron chi connectivity index (χ2n) is 5.15. The topological polar surface area (TPSA) is 44.8 Å². The van der Waals surface area contributed by atoms with Gasteiger partial charge in [0.25, 0.3) is 5.91 Å². The minimum atomic E-state index is -0.0106. The van der Waals surface area contributed by atoms with Crippen molar-refractivity contribution < 1.29 is 9.53 Å². The zero-order valence-corrected chi connectivity index (χ0v) is 12.3. The highest BCUT2D eigenvalue weighted by atomic mass is 16.5. The summed E-state index contributed by atoms with van der Waals surface area (Å²) in [5, 5.41) is 2.96. The van der Waals surface area contributed by atoms with E-state index in [0.29, 0.717) is 12.1 Å². The third kappa shape index (κ3) is 4.21. The normalized spacial score (nSPS) is 15.9. The van der Waals surface area contributed by atoms with Crippen LogP contribution in [0.1, 0.15) is 10.4 Å². The van der Waals surface area contributed by atoms with Gasteiger partial charge in [0.1, 0.15) is 0 Å². The summed E-state index contributed by atoms with van der Waals surface area (Å²) in [7, 11) is 3.97. The van der Waals surface area contributed by atoms with Crippen molar-refractivity contribution in [3.63, 3.8) is 0 Å². The van der Waals surface area contributed by atoms with Gasteiger partial charge in [-0.3, -0.25) is 9.69 Å². The van der Waals surface area contributed by atoms with Crippen molar-refractivity contribution >= 4 is 11.6 Å². The predicted octanol–water partition coefficient (Wildman–Crippen LogP) is 0.815. The maximum atomic E-state index is 12.0. The van der Waals surface area contributed by atoms with Crippen LogP contribution in [-0.4, -0.2) is 64.3 Å². The Hall–Kier alpha value is -1.59. The second kappa shape index (κ2) is 7.26. The molecule has 1 saturated heterocycles. The van der Waals surface area contributed by atoms with Crippen molar-refractivity contribution in [1.29, 1.82) is 0 Å². The lowest BCUT2D eigenvalue weighted by molar-refractivity contribution is 0.0383. The Morgan fingerprint density at radius 1 is 1.25 bits per heavy atom. The summed E-state index contributed by atoms with van der Waals surface area (Å²) < 4.78 is 5.29. The molecule has 0 unspecified atom stereocenters. The van der Waals surface area contributed by atoms with Gasteiger partial charge in [0, 0.05) is 51.5 Å². The van der Waals surface area contributed by atoms with Crippen LogP contribution in [0.15, 0.2) is 24.3 Å². The molecule has 1 aliphatic heterocycles. The van der Waals surface area contributed by atoms with Gasteiger partial charge in [-0.05, 0) is 24.3 Å². The summed E-state index contributed by atoms with van der Waals surface area (Å²) in [6, 6.07) is 7.63. The van der Waals surface area contributed by atoms with Crippen molar-refractivity contribution in [3.8, 4) is 0 Å². The highest BCUT2D eigenvalue weighted by Crippen LogP contribution is 2.11. The average molecular weight is 277 g/mol. The first-order chi connectivity index (χ1) is 9.66. The van der Waals surface area contributed by atoms with E-state index in [2.05, 4.69) is 10.2 Å². The molecule has 1 aromatic carbocycles. The number of benzene rings is 1. The summed E-state index contributed by atoms with van der Waals surface area (Å²) in [5.41, 5.74) is 1.80. The smallest absolute Gasteiger partial charge is 0.251 e. The number of nitrogens with one attached hydrogen (secondary N) is 1. The standard InChI is InChI=1S/C15H23N3O2/c1-17(2)14-5-3-13(4-6-14)15(19)16-7-8-18-9-11-20-12-10-18/h3-6H,7-12H2,1-2H3,(H,16,19). The Bertz CT molecular complexity index is 425. The molecule has 1 fully saturated rings. The number of anilines is 1. The molecule has 0 spiro atoms. The second-order valence-corrected chi connectivity index (χ2v) is 5.15. The third-order valence-electron chi connectivity index (χ3n) is 3.46. The van der Waals surface area contributed by atoms with Gasteiger partial charge in [0.2, 0.25) is 0 Å². The summed E-state index contributed by atoms with van der Waals surface area (Å²) in [6.45, 7) is 5.04. The van der Waals surface area contributed by atoms with E-state index < -0.39 is 0 Å². The van der Waals surface area contributed by atoms with E-state index in [0.717, 1.165) is 38.5 Å². The molecule has 1 amide bonds. The van der Waals surface area contributed by atoms with Crippen molar-refractivity contribution in [1.82, 2.24) is 10.2 Å². The number of nitrogens with zero attached hydrogens (tertiary/aromatic N) is 2. The van der Waals surface area contributed by atoms with Gasteiger partial charge in [-0.1, -0.05) is 0 Å². The summed E-state index contributed by atoms with van der Waals surface area (Å²) >= 11 is 0. The fourth-order valence-electron chi connectivity index (χ4n) is 2.17. The molecule has 0 aliphatic carbocycles. The van der Waals surface area contributed by atoms with Crippen LogP contribution in [0.2, 0.25) is 0 Å². The third-order valence-corrected chi connectivity index (χ3v) is 3.46. The highest BCUT2D eigenvalue weighted by molar-refractivity contribution is 5.94. The number of morpholine rings is 1. The van der Waals surface area contributed by atoms with Crippen molar-refractivity contribution in [2.75, 3.05) is 58.4 Å². The van der Waals surface area contributed by atoms with Crippen LogP contribution in [0.5, 0.6) is 0 Å². The number of carbonyl (C=O) groups excluding carboxylic acids is 1. The number of rotatable bonds is 5. The van der Waals surface area contributed by atoms with Crippen LogP contribution in [0, 0.1) is 0 Å². The Balaban J connectivity index is 1.76. The fourth-order valence-corrected chi connectivity index (χ4v) is 2.17. The fraction of sp³-hybridized carbons (Fsp3) is 0.533. The zero-order valence-electron chi connectivity index (χ0n) is 12.3. The van der Waals surface area contributed by atoms with Gasteiger partial charge in [-0.15, -0.1) is 0 Å². The molecule has 110 valence electrons. The van der Waals surface area contributed by atoms with Crippen molar-refractivity contribution in [2.24, 2.45) is 0 Å². The monoisotopic (exact) mass is 277 g/mol. The maximum Gasteiger partial charge on any atom is 0.251 e. The minimum absolute atomic E-state index is 0.0106. The maximum absolute atomic E-state index is 12.0. The first-order valence-electron chi connectivity index (χ1n) is 7.02. The van der Waals surface area contributed by atoms with E-state index >= 15 is 0 Å². The van der Waals surface area contributed by atoms with Crippen LogP contribution in [0.4, 0.5) is 5.69 Å². The molecule has 0 radical (unpaired) electrons. The summed E-state index contributed by atoms with van der Waals surface area (Å²) in [6.07, 6.45) is 0. The molecule has 1 aliphatic rings. The lowest BCUT2D eigenvalue weighted by atomic mass is 10.2. The van der Waals surface area contributed by atoms with Crippen molar-refractivity contribution in [3.05, 3.63) is 29.8 Å². The molecule has 0 saturated carbocycles. The minimum Gasteiger partial charge on any atom is -0.379 e. The Kier molecular flexibility index (Phi) is 5.38. The van der Waals surface area contributed by atoms with E-state index in [1.807, 2.05) is 43.3 Å². The van der Waals surface area contributed by atoms with Gasteiger partial charge in [0.05, 0.1) is 13.2 Å². The molecule has 2 rings (SSSR count). The highest BCUT2D eigenvalue weighted by Gasteiger charge is 2.10. The van der Waals surface area contributed by atoms with Crippen LogP contribution in [-0.2, 0) is 4.74 Å². The molecule has 5 nitrogen and oxygen atoms in total. The first-order valence-corrected chi connectivity index (χ1v) is 7.02. The van der Waals surface area contributed by atoms with Crippen LogP contribution < -0.4 is 10.2 Å². The van der Waals surface area contributed by atoms with Crippen LogP contribution >= 0.6 is 0 Å². The van der Waals surface area contributed by atoms with E-state index in [1.54, 1.807) is 0 Å². The summed E-state index contributed by atoms with van der Waals surface area (Å²) in [5.74, 6) is -0.0106. The number of hydrogen-bond donors (Lipinski definition) is 1. The molecule has 20 heavy (non-hydrogen) atoms. The van der Waals surface area contributed by atoms with Crippen LogP contribution in [0.3, 0.4) is 0 Å². The van der Waals surface area contributed by atoms with E-state index in [-0.39, 0.29) is 5.91 Å². The first kappa shape index (κ1) is 14.8. The molecule has 0 aromatic heterocycles. The Morgan fingerprint density at radius 3 is 2.50 bits per heavy atom. The molecule has 0 bridgehead atoms. The van der Waals surface area contributed by atoms with E-state index in [4.69, 9.17) is 4.74 Å². The van der Waals surface area contributed by atoms with Gasteiger partial charge in [-0.2, -0.15) is 0 Å². The summed E-state index contributed by atoms with van der Waals surface area (Å²) in [4.78, 5) is 16.3. The number of ether oxygens (including phenoxy) is 1. The molecule has 1 N–H and O–H groups in total. The van der Waals surface area contributed by atoms with Gasteiger partial charge < -0.3 is 15.0 Å². The molecule has 0 atom stereocenters. The molecule has 1 aromatic rings. The largest absolute Gasteiger partial charge is 0.379 e. The molecule has 5 heteroatoms. The van der Waals surface area contributed by atoms with Crippen molar-refractivity contribution in [2.45, 2.75) is 0 Å². The molecular weight excluding hydrogens is 254 g/mol. The number of amides is 1. The number of carbonyl (C=O) groups is 1. The Labute approximate surface area is 120 Å². The zero-order chi connectivity index (χ0) is 14.4. The lowest BCUT2D eigenvalue weighted by Crippen LogP contribution is -2.41. The quantitative estimate of drug-likeness (QED) is 0.865. The Morgan fingerprint density at radius 2 is 1.90 bits per heavy atom. The molecule has 1 heterocycles. The SMILES string of the molecule is CN(C)c1ccc(C(=O)NCCN2CCOCC2)cc1. The number of hydrogen-bond acceptors (Lipinski definition) is 4. The lowest BCUT2D eigenvalue weighted by Gasteiger charge is -2.26. The van der Waals surface area contributed by atoms with E-state index in [1.165, 1.54) is 0 Å². The molecular formula is C15H23N3O2. The van der Waals surface area contributed by atoms with Gasteiger partial charge in [-0.25, -0.2) is 0 Å². The van der Waals surface area contributed by atoms with Gasteiger partial charge in [0.15, 0.2) is 0 Å². The van der Waals surface area contributed by atoms with Crippen LogP contribution in [0.25, 0.3) is 0 Å². The average Bonchev–Trinajstić information content (AvgIpc) is 2.48. The van der Waals surface area contributed by atoms with E-state index in [9.17, 15) is 4.79 Å².